The first kappa shape index (κ1) is 7.32. The highest BCUT2D eigenvalue weighted by Crippen LogP contribution is 2.43. The first-order valence-corrected chi connectivity index (χ1v) is 4.37. The molecular formula is C9H15NO. The summed E-state index contributed by atoms with van der Waals surface area (Å²) in [6.45, 7) is 4.01. The number of fused-ring (bicyclic) bond motifs is 2. The molecule has 0 aromatic carbocycles. The molecule has 0 saturated heterocycles. The summed E-state index contributed by atoms with van der Waals surface area (Å²) in [4.78, 5) is 0. The van der Waals surface area contributed by atoms with E-state index in [0.717, 1.165) is 12.8 Å². The van der Waals surface area contributed by atoms with Crippen LogP contribution in [0.3, 0.4) is 0 Å². The molecule has 2 fully saturated rings. The van der Waals surface area contributed by atoms with Gasteiger partial charge in [-0.15, -0.1) is 0 Å². The maximum atomic E-state index is 8.88. The topological polar surface area (TPSA) is 32.3 Å². The van der Waals surface area contributed by atoms with Gasteiger partial charge in [-0.05, 0) is 37.5 Å². The summed E-state index contributed by atoms with van der Waals surface area (Å²) >= 11 is 0. The third-order valence-corrected chi connectivity index (χ3v) is 3.17. The lowest BCUT2D eigenvalue weighted by Crippen LogP contribution is -2.38. The van der Waals surface area contributed by atoms with Crippen molar-refractivity contribution >= 4 is 0 Å². The Labute approximate surface area is 67.3 Å². The molecule has 0 spiro atoms. The number of hydrogen-bond acceptors (Lipinski definition) is 2. The van der Waals surface area contributed by atoms with Crippen molar-refractivity contribution < 1.29 is 5.21 Å². The Kier molecular flexibility index (Phi) is 1.74. The van der Waals surface area contributed by atoms with Crippen molar-refractivity contribution in [3.05, 3.63) is 12.2 Å². The Balaban J connectivity index is 2.12. The van der Waals surface area contributed by atoms with E-state index in [2.05, 4.69) is 12.1 Å². The Morgan fingerprint density at radius 3 is 2.27 bits per heavy atom. The van der Waals surface area contributed by atoms with Crippen molar-refractivity contribution in [2.75, 3.05) is 0 Å². The molecule has 2 aliphatic rings. The van der Waals surface area contributed by atoms with Gasteiger partial charge < -0.3 is 5.21 Å². The average molecular weight is 153 g/mol. The largest absolute Gasteiger partial charge is 0.317 e. The number of allylic oxidation sites excluding steroid dienone is 1. The fourth-order valence-electron chi connectivity index (χ4n) is 2.67. The number of hydroxylamine groups is 1. The van der Waals surface area contributed by atoms with E-state index in [0.29, 0.717) is 17.9 Å². The van der Waals surface area contributed by atoms with E-state index >= 15 is 0 Å². The van der Waals surface area contributed by atoms with Gasteiger partial charge in [0, 0.05) is 6.04 Å². The average Bonchev–Trinajstić information content (AvgIpc) is 2.23. The monoisotopic (exact) mass is 153 g/mol. The lowest BCUT2D eigenvalue weighted by atomic mass is 9.82. The van der Waals surface area contributed by atoms with Gasteiger partial charge in [0.05, 0.1) is 0 Å². The normalized spacial score (nSPS) is 43.0. The Hall–Kier alpha value is -0.340. The smallest absolute Gasteiger partial charge is 0.0382 e. The minimum Gasteiger partial charge on any atom is -0.317 e. The van der Waals surface area contributed by atoms with Gasteiger partial charge in [-0.2, -0.15) is 0 Å². The van der Waals surface area contributed by atoms with E-state index in [1.54, 1.807) is 0 Å². The summed E-state index contributed by atoms with van der Waals surface area (Å²) in [7, 11) is 0. The fraction of sp³-hybridized carbons (Fsp3) is 0.778. The predicted molar refractivity (Wildman–Crippen MR) is 43.3 cm³/mol. The molecule has 2 heteroatoms. The summed E-state index contributed by atoms with van der Waals surface area (Å²) in [5.41, 5.74) is 3.82. The van der Waals surface area contributed by atoms with Crippen LogP contribution in [-0.2, 0) is 0 Å². The van der Waals surface area contributed by atoms with Gasteiger partial charge in [0.15, 0.2) is 0 Å². The minimum absolute atomic E-state index is 0.362. The molecule has 0 aromatic rings. The Morgan fingerprint density at radius 1 is 1.27 bits per heavy atom. The van der Waals surface area contributed by atoms with Gasteiger partial charge in [-0.25, -0.2) is 5.48 Å². The van der Waals surface area contributed by atoms with E-state index in [1.807, 2.05) is 0 Å². The van der Waals surface area contributed by atoms with Crippen molar-refractivity contribution in [2.45, 2.75) is 31.7 Å². The third-order valence-electron chi connectivity index (χ3n) is 3.17. The first-order valence-electron chi connectivity index (χ1n) is 4.37. The van der Waals surface area contributed by atoms with E-state index in [1.165, 1.54) is 18.4 Å². The van der Waals surface area contributed by atoms with Crippen LogP contribution in [0.2, 0.25) is 0 Å². The van der Waals surface area contributed by atoms with E-state index in [-0.39, 0.29) is 0 Å². The van der Waals surface area contributed by atoms with Crippen molar-refractivity contribution in [3.63, 3.8) is 0 Å². The summed E-state index contributed by atoms with van der Waals surface area (Å²) in [6.07, 6.45) is 4.77. The van der Waals surface area contributed by atoms with Crippen molar-refractivity contribution in [1.29, 1.82) is 0 Å². The van der Waals surface area contributed by atoms with Crippen LogP contribution in [0, 0.1) is 11.8 Å². The van der Waals surface area contributed by atoms with Gasteiger partial charge in [0.2, 0.25) is 0 Å². The highest BCUT2D eigenvalue weighted by molar-refractivity contribution is 5.09. The van der Waals surface area contributed by atoms with Gasteiger partial charge in [0.25, 0.3) is 0 Å². The molecular weight excluding hydrogens is 138 g/mol. The highest BCUT2D eigenvalue weighted by Gasteiger charge is 2.39. The van der Waals surface area contributed by atoms with Crippen LogP contribution in [-0.4, -0.2) is 11.2 Å². The molecule has 2 rings (SSSR count). The summed E-state index contributed by atoms with van der Waals surface area (Å²) in [5, 5.41) is 8.88. The van der Waals surface area contributed by atoms with Crippen molar-refractivity contribution in [1.82, 2.24) is 5.48 Å². The molecule has 3 atom stereocenters. The van der Waals surface area contributed by atoms with Crippen LogP contribution in [0.1, 0.15) is 25.7 Å². The van der Waals surface area contributed by atoms with Crippen LogP contribution in [0.4, 0.5) is 0 Å². The van der Waals surface area contributed by atoms with Crippen LogP contribution in [0.25, 0.3) is 0 Å². The van der Waals surface area contributed by atoms with E-state index in [4.69, 9.17) is 5.21 Å². The second-order valence-electron chi connectivity index (χ2n) is 3.91. The zero-order valence-corrected chi connectivity index (χ0v) is 6.71. The maximum Gasteiger partial charge on any atom is 0.0382 e. The second-order valence-corrected chi connectivity index (χ2v) is 3.91. The van der Waals surface area contributed by atoms with Crippen LogP contribution in [0.15, 0.2) is 12.2 Å². The number of hydrogen-bond donors (Lipinski definition) is 2. The Bertz CT molecular complexity index is 162. The zero-order chi connectivity index (χ0) is 7.84. The molecule has 2 bridgehead atoms. The lowest BCUT2D eigenvalue weighted by Gasteiger charge is -2.29. The van der Waals surface area contributed by atoms with Gasteiger partial charge in [-0.1, -0.05) is 12.2 Å². The van der Waals surface area contributed by atoms with Crippen LogP contribution >= 0.6 is 0 Å². The van der Waals surface area contributed by atoms with E-state index in [9.17, 15) is 0 Å². The van der Waals surface area contributed by atoms with Gasteiger partial charge in [-0.3, -0.25) is 0 Å². The van der Waals surface area contributed by atoms with Crippen LogP contribution < -0.4 is 5.48 Å². The minimum atomic E-state index is 0.362. The van der Waals surface area contributed by atoms with Crippen molar-refractivity contribution in [2.24, 2.45) is 11.8 Å². The summed E-state index contributed by atoms with van der Waals surface area (Å²) in [5.74, 6) is 1.32. The molecule has 0 heterocycles. The molecule has 2 aliphatic carbocycles. The standard InChI is InChI=1S/C9H15NO/c1-6-4-7-2-3-8(5-6)9(7)10-11/h7-11H,1-5H2/t7-,8?,9?/m1/s1. The molecule has 0 amide bonds. The number of rotatable bonds is 1. The Morgan fingerprint density at radius 2 is 1.82 bits per heavy atom. The predicted octanol–water partition coefficient (Wildman–Crippen LogP) is 1.71. The first-order chi connectivity index (χ1) is 5.31. The molecule has 0 radical (unpaired) electrons. The SMILES string of the molecule is C=C1CC2CC[C@H](C1)C2NO. The molecule has 0 aliphatic heterocycles. The van der Waals surface area contributed by atoms with Crippen LogP contribution in [0.5, 0.6) is 0 Å². The molecule has 2 unspecified atom stereocenters. The zero-order valence-electron chi connectivity index (χ0n) is 6.71. The van der Waals surface area contributed by atoms with Crippen molar-refractivity contribution in [3.8, 4) is 0 Å². The van der Waals surface area contributed by atoms with Gasteiger partial charge in [0.1, 0.15) is 0 Å². The molecule has 62 valence electrons. The van der Waals surface area contributed by atoms with Gasteiger partial charge >= 0.3 is 0 Å². The van der Waals surface area contributed by atoms with E-state index < -0.39 is 0 Å². The molecule has 2 N–H and O–H groups in total. The molecule has 2 saturated carbocycles. The summed E-state index contributed by atoms with van der Waals surface area (Å²) < 4.78 is 0. The second kappa shape index (κ2) is 2.61. The summed E-state index contributed by atoms with van der Waals surface area (Å²) in [6, 6.07) is 0.362. The molecule has 11 heavy (non-hydrogen) atoms. The number of nitrogens with one attached hydrogen (secondary N) is 1. The fourth-order valence-corrected chi connectivity index (χ4v) is 2.67. The molecule has 0 aromatic heterocycles. The molecule has 2 nitrogen and oxygen atoms in total. The quantitative estimate of drug-likeness (QED) is 0.444. The maximum absolute atomic E-state index is 8.88. The third kappa shape index (κ3) is 1.10. The lowest BCUT2D eigenvalue weighted by molar-refractivity contribution is 0.0795. The highest BCUT2D eigenvalue weighted by atomic mass is 16.5.